The predicted octanol–water partition coefficient (Wildman–Crippen LogP) is -0.258. The van der Waals surface area contributed by atoms with E-state index in [0.29, 0.717) is 0 Å². The minimum Gasteiger partial charge on any atom is -0.226 e. The van der Waals surface area contributed by atoms with Gasteiger partial charge in [-0.1, -0.05) is 0 Å². The lowest BCUT2D eigenvalue weighted by atomic mass is 11.1. The molecule has 0 radical (unpaired) electrons. The number of rotatable bonds is 0. The van der Waals surface area contributed by atoms with Crippen LogP contribution in [0.5, 0.6) is 0 Å². The third kappa shape index (κ3) is 0.174. The Labute approximate surface area is 28.2 Å². The molecule has 1 heterocycles. The molecule has 3 heteroatoms. The topological polar surface area (TPSA) is 34.0 Å². The molecule has 0 unspecified atom stereocenters. The molecular weight excluding hydrogens is 68.0 g/mol. The Morgan fingerprint density at radius 3 is 2.00 bits per heavy atom. The lowest BCUT2D eigenvalue weighted by molar-refractivity contribution is 0.165. The zero-order chi connectivity index (χ0) is 3.54. The molecule has 1 aliphatic rings. The van der Waals surface area contributed by atoms with E-state index in [1.807, 2.05) is 0 Å². The standard InChI is InChI=1S/C2N2O/c1-2-4-5-3-1. The highest BCUT2D eigenvalue weighted by atomic mass is 16.8. The highest BCUT2D eigenvalue weighted by Gasteiger charge is 1.66. The summed E-state index contributed by atoms with van der Waals surface area (Å²) in [6.45, 7) is 0. The SMILES string of the molecule is C1=C=NON=1. The molecule has 3 nitrogen and oxygen atoms in total. The molecule has 0 saturated carbocycles. The van der Waals surface area contributed by atoms with Crippen molar-refractivity contribution >= 4 is 11.7 Å². The van der Waals surface area contributed by atoms with E-state index in [9.17, 15) is 0 Å². The molecule has 0 spiro atoms. The highest BCUT2D eigenvalue weighted by Crippen LogP contribution is 1.71. The van der Waals surface area contributed by atoms with Gasteiger partial charge in [-0.2, -0.15) is 0 Å². The Morgan fingerprint density at radius 1 is 1.20 bits per heavy atom. The molecule has 0 aliphatic carbocycles. The molecule has 0 aromatic heterocycles. The highest BCUT2D eigenvalue weighted by molar-refractivity contribution is 5.88. The number of nitrogens with zero attached hydrogens (tertiary/aromatic N) is 2. The van der Waals surface area contributed by atoms with Crippen LogP contribution in [0.4, 0.5) is 0 Å². The maximum Gasteiger partial charge on any atom is 0.107 e. The zero-order valence-electron chi connectivity index (χ0n) is 2.30. The lowest BCUT2D eigenvalue weighted by Crippen LogP contribution is -1.49. The molecule has 0 saturated heterocycles. The maximum absolute atomic E-state index is 3.97. The van der Waals surface area contributed by atoms with Crippen molar-refractivity contribution in [3.8, 4) is 0 Å². The summed E-state index contributed by atoms with van der Waals surface area (Å²) in [7, 11) is 0. The molecule has 0 fully saturated rings. The first-order chi connectivity index (χ1) is 2.50. The first kappa shape index (κ1) is 2.21. The van der Waals surface area contributed by atoms with Crippen LogP contribution >= 0.6 is 0 Å². The summed E-state index contributed by atoms with van der Waals surface area (Å²) in [4.78, 5) is 3.97. The molecule has 0 amide bonds. The molecule has 0 N–H and O–H groups in total. The van der Waals surface area contributed by atoms with E-state index in [1.165, 1.54) is 0 Å². The van der Waals surface area contributed by atoms with Crippen LogP contribution < -0.4 is 0 Å². The van der Waals surface area contributed by atoms with Crippen molar-refractivity contribution in [3.05, 3.63) is 0 Å². The van der Waals surface area contributed by atoms with E-state index in [1.54, 1.807) is 0 Å². The minimum absolute atomic E-state index is 2.21. The first-order valence-corrected chi connectivity index (χ1v) is 1.06. The van der Waals surface area contributed by atoms with Gasteiger partial charge in [0.25, 0.3) is 0 Å². The summed E-state index contributed by atoms with van der Waals surface area (Å²) < 4.78 is 0. The van der Waals surface area contributed by atoms with Crippen molar-refractivity contribution in [2.45, 2.75) is 0 Å². The summed E-state index contributed by atoms with van der Waals surface area (Å²) in [6, 6.07) is 0. The van der Waals surface area contributed by atoms with E-state index in [2.05, 4.69) is 27.0 Å². The monoisotopic (exact) mass is 68.0 g/mol. The molecule has 0 aromatic carbocycles. The Hall–Kier alpha value is -1.04. The molecule has 0 bridgehead atoms. The van der Waals surface area contributed by atoms with Crippen LogP contribution in [-0.2, 0) is 4.94 Å². The van der Waals surface area contributed by atoms with Crippen LogP contribution in [0.15, 0.2) is 10.3 Å². The van der Waals surface area contributed by atoms with Crippen LogP contribution in [-0.4, -0.2) is 11.7 Å². The van der Waals surface area contributed by atoms with E-state index in [-0.39, 0.29) is 0 Å². The summed E-state index contributed by atoms with van der Waals surface area (Å²) >= 11 is 0. The van der Waals surface area contributed by atoms with Crippen LogP contribution in [0.1, 0.15) is 0 Å². The van der Waals surface area contributed by atoms with Crippen molar-refractivity contribution in [1.82, 2.24) is 0 Å². The van der Waals surface area contributed by atoms with E-state index < -0.39 is 0 Å². The average molecular weight is 68.0 g/mol. The van der Waals surface area contributed by atoms with Crippen molar-refractivity contribution < 1.29 is 4.94 Å². The fourth-order valence-electron chi connectivity index (χ4n) is 0.102. The van der Waals surface area contributed by atoms with Crippen molar-refractivity contribution in [2.75, 3.05) is 0 Å². The normalized spacial score (nSPS) is 12.8. The van der Waals surface area contributed by atoms with Gasteiger partial charge in [0.15, 0.2) is 0 Å². The van der Waals surface area contributed by atoms with E-state index in [4.69, 9.17) is 0 Å². The van der Waals surface area contributed by atoms with Crippen molar-refractivity contribution in [2.24, 2.45) is 10.3 Å². The maximum atomic E-state index is 3.97. The lowest BCUT2D eigenvalue weighted by Gasteiger charge is -1.63. The van der Waals surface area contributed by atoms with Gasteiger partial charge in [-0.05, 0) is 0 Å². The molecule has 1 rings (SSSR count). The summed E-state index contributed by atoms with van der Waals surface area (Å²) in [5.74, 6) is 4.42. The third-order valence-corrected chi connectivity index (χ3v) is 0.223. The molecule has 1 aliphatic heterocycles. The first-order valence-electron chi connectivity index (χ1n) is 1.06. The quantitative estimate of drug-likeness (QED) is 0.385. The number of hydrogen-bond donors (Lipinski definition) is 0. The van der Waals surface area contributed by atoms with E-state index >= 15 is 0 Å². The van der Waals surface area contributed by atoms with Gasteiger partial charge >= 0.3 is 0 Å². The third-order valence-electron chi connectivity index (χ3n) is 0.223. The van der Waals surface area contributed by atoms with Crippen LogP contribution in [0.25, 0.3) is 0 Å². The summed E-state index contributed by atoms with van der Waals surface area (Å²) in [5.41, 5.74) is 0. The zero-order valence-corrected chi connectivity index (χ0v) is 2.30. The molecule has 5 heavy (non-hydrogen) atoms. The minimum atomic E-state index is 2.21. The fourth-order valence-corrected chi connectivity index (χ4v) is 0.102. The van der Waals surface area contributed by atoms with E-state index in [0.717, 1.165) is 0 Å². The van der Waals surface area contributed by atoms with Gasteiger partial charge in [0.2, 0.25) is 0 Å². The van der Waals surface area contributed by atoms with Gasteiger partial charge in [0.05, 0.1) is 0 Å². The van der Waals surface area contributed by atoms with Gasteiger partial charge in [0.1, 0.15) is 11.7 Å². The second-order valence-electron chi connectivity index (χ2n) is 0.488. The average Bonchev–Trinajstić information content (AvgIpc) is 1.76. The fraction of sp³-hybridized carbons (Fsp3) is 0. The van der Waals surface area contributed by atoms with Gasteiger partial charge in [-0.3, -0.25) is 0 Å². The van der Waals surface area contributed by atoms with Crippen LogP contribution in [0.2, 0.25) is 0 Å². The van der Waals surface area contributed by atoms with Gasteiger partial charge in [0, 0.05) is 10.3 Å². The second-order valence-corrected chi connectivity index (χ2v) is 0.488. The van der Waals surface area contributed by atoms with Crippen molar-refractivity contribution in [1.29, 1.82) is 0 Å². The molecular formula is C2N2O. The summed E-state index contributed by atoms with van der Waals surface area (Å²) in [6.07, 6.45) is 0. The number of hydrogen-bond acceptors (Lipinski definition) is 3. The van der Waals surface area contributed by atoms with Crippen molar-refractivity contribution in [3.63, 3.8) is 0 Å². The molecule has 24 valence electrons. The molecule has 0 aromatic rings. The van der Waals surface area contributed by atoms with Gasteiger partial charge in [-0.15, -0.1) is 0 Å². The smallest absolute Gasteiger partial charge is 0.107 e. The Kier molecular flexibility index (Phi) is 0.321. The summed E-state index contributed by atoms with van der Waals surface area (Å²) in [5, 5.41) is 6.11. The molecule has 0 atom stereocenters. The Balaban J connectivity index is 3.17. The predicted molar refractivity (Wildman–Crippen MR) is 16.0 cm³/mol. The second kappa shape index (κ2) is 0.725. The van der Waals surface area contributed by atoms with Gasteiger partial charge < -0.3 is 0 Å². The largest absolute Gasteiger partial charge is 0.226 e. The van der Waals surface area contributed by atoms with Gasteiger partial charge in [-0.25, -0.2) is 4.94 Å². The van der Waals surface area contributed by atoms with Crippen LogP contribution in [0.3, 0.4) is 0 Å². The Morgan fingerprint density at radius 2 is 1.80 bits per heavy atom. The Bertz CT molecular complexity index is 102. The van der Waals surface area contributed by atoms with Crippen LogP contribution in [0, 0.1) is 0 Å².